The minimum atomic E-state index is -3.65. The maximum Gasteiger partial charge on any atom is 0.260 e. The molecular weight excluding hydrogens is 478 g/mol. The van der Waals surface area contributed by atoms with E-state index in [1.54, 1.807) is 24.3 Å². The second kappa shape index (κ2) is 9.64. The molecule has 2 aromatic carbocycles. The predicted octanol–water partition coefficient (Wildman–Crippen LogP) is 2.86. The average Bonchev–Trinajstić information content (AvgIpc) is 2.63. The summed E-state index contributed by atoms with van der Waals surface area (Å²) >= 11 is 5.16. The summed E-state index contributed by atoms with van der Waals surface area (Å²) in [7, 11) is -3.65. The molecule has 10 heteroatoms. The van der Waals surface area contributed by atoms with Gasteiger partial charge in [-0.05, 0) is 45.8 Å². The zero-order valence-electron chi connectivity index (χ0n) is 15.6. The number of anilines is 1. The number of nitrogens with zero attached hydrogens (tertiary/aromatic N) is 2. The van der Waals surface area contributed by atoms with Crippen LogP contribution >= 0.6 is 27.7 Å². The first-order valence-corrected chi connectivity index (χ1v) is 12.5. The number of benzene rings is 2. The third-order valence-corrected chi connectivity index (χ3v) is 6.99. The summed E-state index contributed by atoms with van der Waals surface area (Å²) in [5.74, 6) is 2.18. The standard InChI is InChI=1S/C19H20BrN3O4S2/c1-29(25,26)23(18-8-3-2-7-17(18)20)11-19(24)22-21-10-14-5-4-6-15(9-14)27-16-12-28-13-16/h2-10,16H,11-13H2,1H3,(H,22,24)/b21-10-. The fourth-order valence-corrected chi connectivity index (χ4v) is 4.57. The zero-order valence-corrected chi connectivity index (χ0v) is 18.8. The smallest absolute Gasteiger partial charge is 0.260 e. The molecule has 2 aromatic rings. The Labute approximate surface area is 182 Å². The minimum absolute atomic E-state index is 0.242. The van der Waals surface area contributed by atoms with Gasteiger partial charge in [0.2, 0.25) is 10.0 Å². The Bertz CT molecular complexity index is 1010. The van der Waals surface area contributed by atoms with Crippen LogP contribution in [0, 0.1) is 0 Å². The summed E-state index contributed by atoms with van der Waals surface area (Å²) in [4.78, 5) is 12.3. The van der Waals surface area contributed by atoms with Crippen LogP contribution in [0.2, 0.25) is 0 Å². The largest absolute Gasteiger partial charge is 0.489 e. The monoisotopic (exact) mass is 497 g/mol. The van der Waals surface area contributed by atoms with Gasteiger partial charge in [0.25, 0.3) is 5.91 Å². The van der Waals surface area contributed by atoms with E-state index < -0.39 is 15.9 Å². The number of thioether (sulfide) groups is 1. The van der Waals surface area contributed by atoms with Crippen LogP contribution < -0.4 is 14.5 Å². The first-order chi connectivity index (χ1) is 13.8. The number of amides is 1. The second-order valence-corrected chi connectivity index (χ2v) is 10.2. The fourth-order valence-electron chi connectivity index (χ4n) is 2.52. The van der Waals surface area contributed by atoms with Crippen molar-refractivity contribution in [3.63, 3.8) is 0 Å². The van der Waals surface area contributed by atoms with Crippen LogP contribution in [0.5, 0.6) is 5.75 Å². The highest BCUT2D eigenvalue weighted by Crippen LogP contribution is 2.27. The maximum absolute atomic E-state index is 12.3. The molecule has 0 bridgehead atoms. The van der Waals surface area contributed by atoms with E-state index in [9.17, 15) is 13.2 Å². The van der Waals surface area contributed by atoms with Crippen molar-refractivity contribution in [2.75, 3.05) is 28.6 Å². The maximum atomic E-state index is 12.3. The van der Waals surface area contributed by atoms with Gasteiger partial charge in [-0.2, -0.15) is 16.9 Å². The molecule has 1 saturated heterocycles. The number of rotatable bonds is 8. The van der Waals surface area contributed by atoms with Crippen LogP contribution in [0.3, 0.4) is 0 Å². The number of hydrazone groups is 1. The van der Waals surface area contributed by atoms with E-state index in [1.165, 1.54) is 6.21 Å². The van der Waals surface area contributed by atoms with Crippen molar-refractivity contribution >= 4 is 55.5 Å². The molecule has 1 fully saturated rings. The van der Waals surface area contributed by atoms with E-state index in [-0.39, 0.29) is 12.6 Å². The van der Waals surface area contributed by atoms with Crippen LogP contribution in [0.1, 0.15) is 5.56 Å². The van der Waals surface area contributed by atoms with Crippen LogP contribution in [0.4, 0.5) is 5.69 Å². The number of hydrogen-bond donors (Lipinski definition) is 1. The fraction of sp³-hybridized carbons (Fsp3) is 0.263. The van der Waals surface area contributed by atoms with Crippen molar-refractivity contribution in [2.45, 2.75) is 6.10 Å². The average molecular weight is 498 g/mol. The van der Waals surface area contributed by atoms with Crippen LogP contribution in [0.15, 0.2) is 58.1 Å². The summed E-state index contributed by atoms with van der Waals surface area (Å²) in [6.45, 7) is -0.388. The van der Waals surface area contributed by atoms with Gasteiger partial charge < -0.3 is 4.74 Å². The van der Waals surface area contributed by atoms with Crippen molar-refractivity contribution < 1.29 is 17.9 Å². The van der Waals surface area contributed by atoms with Gasteiger partial charge >= 0.3 is 0 Å². The van der Waals surface area contributed by atoms with Gasteiger partial charge in [0.05, 0.1) is 18.2 Å². The second-order valence-electron chi connectivity index (χ2n) is 6.36. The van der Waals surface area contributed by atoms with Gasteiger partial charge in [-0.3, -0.25) is 9.10 Å². The lowest BCUT2D eigenvalue weighted by Gasteiger charge is -2.25. The van der Waals surface area contributed by atoms with Crippen molar-refractivity contribution in [3.8, 4) is 5.75 Å². The summed E-state index contributed by atoms with van der Waals surface area (Å²) in [5.41, 5.74) is 3.52. The van der Waals surface area contributed by atoms with Crippen molar-refractivity contribution in [1.82, 2.24) is 5.43 Å². The molecule has 154 valence electrons. The molecule has 1 N–H and O–H groups in total. The normalized spacial score (nSPS) is 14.4. The molecular formula is C19H20BrN3O4S2. The Kier molecular flexibility index (Phi) is 7.20. The lowest BCUT2D eigenvalue weighted by molar-refractivity contribution is -0.119. The molecule has 7 nitrogen and oxygen atoms in total. The molecule has 0 saturated carbocycles. The molecule has 1 heterocycles. The first kappa shape index (κ1) is 21.7. The van der Waals surface area contributed by atoms with Crippen molar-refractivity contribution in [3.05, 3.63) is 58.6 Å². The minimum Gasteiger partial charge on any atom is -0.489 e. The van der Waals surface area contributed by atoms with Crippen LogP contribution in [-0.2, 0) is 14.8 Å². The summed E-state index contributed by atoms with van der Waals surface area (Å²) in [6.07, 6.45) is 2.78. The number of sulfonamides is 1. The number of ether oxygens (including phenoxy) is 1. The molecule has 3 rings (SSSR count). The third-order valence-electron chi connectivity index (χ3n) is 3.98. The van der Waals surface area contributed by atoms with Crippen LogP contribution in [-0.4, -0.2) is 50.9 Å². The van der Waals surface area contributed by atoms with Gasteiger partial charge in [0, 0.05) is 16.0 Å². The van der Waals surface area contributed by atoms with E-state index >= 15 is 0 Å². The number of halogens is 1. The SMILES string of the molecule is CS(=O)(=O)N(CC(=O)N/N=C\c1cccc(OC2CSC2)c1)c1ccccc1Br. The van der Waals surface area contributed by atoms with Gasteiger partial charge in [-0.1, -0.05) is 24.3 Å². The van der Waals surface area contributed by atoms with Crippen molar-refractivity contribution in [2.24, 2.45) is 5.10 Å². The molecule has 1 aliphatic heterocycles. The Hall–Kier alpha value is -2.04. The first-order valence-electron chi connectivity index (χ1n) is 8.71. The quantitative estimate of drug-likeness (QED) is 0.447. The molecule has 0 radical (unpaired) electrons. The summed E-state index contributed by atoms with van der Waals surface area (Å²) < 4.78 is 31.7. The highest BCUT2D eigenvalue weighted by Gasteiger charge is 2.22. The Morgan fingerprint density at radius 2 is 2.07 bits per heavy atom. The van der Waals surface area contributed by atoms with E-state index in [0.717, 1.165) is 33.4 Å². The lowest BCUT2D eigenvalue weighted by Crippen LogP contribution is -2.39. The Balaban J connectivity index is 1.62. The van der Waals surface area contributed by atoms with Crippen LogP contribution in [0.25, 0.3) is 0 Å². The lowest BCUT2D eigenvalue weighted by atomic mass is 10.2. The zero-order chi connectivity index (χ0) is 20.9. The molecule has 0 atom stereocenters. The van der Waals surface area contributed by atoms with E-state index in [4.69, 9.17) is 4.74 Å². The molecule has 29 heavy (non-hydrogen) atoms. The molecule has 0 unspecified atom stereocenters. The van der Waals surface area contributed by atoms with Gasteiger partial charge in [-0.15, -0.1) is 0 Å². The number of para-hydroxylation sites is 1. The van der Waals surface area contributed by atoms with E-state index in [2.05, 4.69) is 26.5 Å². The molecule has 0 spiro atoms. The number of nitrogens with one attached hydrogen (secondary N) is 1. The summed E-state index contributed by atoms with van der Waals surface area (Å²) in [5, 5.41) is 3.93. The Morgan fingerprint density at radius 3 is 2.72 bits per heavy atom. The highest BCUT2D eigenvalue weighted by atomic mass is 79.9. The number of carbonyl (C=O) groups is 1. The summed E-state index contributed by atoms with van der Waals surface area (Å²) in [6, 6.07) is 14.2. The number of carbonyl (C=O) groups excluding carboxylic acids is 1. The van der Waals surface area contributed by atoms with Crippen molar-refractivity contribution in [1.29, 1.82) is 0 Å². The number of hydrogen-bond acceptors (Lipinski definition) is 6. The predicted molar refractivity (Wildman–Crippen MR) is 120 cm³/mol. The molecule has 1 amide bonds. The third kappa shape index (κ3) is 6.22. The Morgan fingerprint density at radius 1 is 1.31 bits per heavy atom. The van der Waals surface area contributed by atoms with Gasteiger partial charge in [-0.25, -0.2) is 13.8 Å². The molecule has 1 aliphatic rings. The highest BCUT2D eigenvalue weighted by molar-refractivity contribution is 9.10. The topological polar surface area (TPSA) is 88.1 Å². The van der Waals surface area contributed by atoms with Gasteiger partial charge in [0.1, 0.15) is 18.4 Å². The molecule has 0 aliphatic carbocycles. The molecule has 0 aromatic heterocycles. The van der Waals surface area contributed by atoms with E-state index in [0.29, 0.717) is 10.2 Å². The van der Waals surface area contributed by atoms with Gasteiger partial charge in [0.15, 0.2) is 0 Å². The van der Waals surface area contributed by atoms with E-state index in [1.807, 2.05) is 36.0 Å².